The van der Waals surface area contributed by atoms with Crippen molar-refractivity contribution in [3.63, 3.8) is 0 Å². The van der Waals surface area contributed by atoms with Crippen molar-refractivity contribution >= 4 is 29.3 Å². The van der Waals surface area contributed by atoms with Crippen LogP contribution in [0.1, 0.15) is 43.7 Å². The van der Waals surface area contributed by atoms with Crippen molar-refractivity contribution in [3.05, 3.63) is 17.2 Å². The number of nitrogens with zero attached hydrogens (tertiary/aromatic N) is 3. The third-order valence-electron chi connectivity index (χ3n) is 4.56. The zero-order chi connectivity index (χ0) is 17.7. The van der Waals surface area contributed by atoms with Gasteiger partial charge in [0, 0.05) is 19.9 Å². The second-order valence-corrected chi connectivity index (χ2v) is 6.53. The number of hydrogen-bond donors (Lipinski definition) is 1. The van der Waals surface area contributed by atoms with Gasteiger partial charge in [0.25, 0.3) is 5.91 Å². The van der Waals surface area contributed by atoms with Gasteiger partial charge in [0.05, 0.1) is 12.7 Å². The minimum Gasteiger partial charge on any atom is -0.323 e. The Balaban J connectivity index is 0.00000225. The Morgan fingerprint density at radius 3 is 2.44 bits per heavy atom. The fourth-order valence-corrected chi connectivity index (χ4v) is 3.19. The zero-order valence-corrected chi connectivity index (χ0v) is 13.6. The van der Waals surface area contributed by atoms with E-state index in [0.717, 1.165) is 4.90 Å². The molecule has 2 aliphatic rings. The van der Waals surface area contributed by atoms with Gasteiger partial charge in [-0.05, 0) is 12.8 Å². The van der Waals surface area contributed by atoms with E-state index in [1.807, 2.05) is 0 Å². The Morgan fingerprint density at radius 2 is 1.92 bits per heavy atom. The number of imidazole rings is 1. The van der Waals surface area contributed by atoms with Crippen LogP contribution in [0, 0.1) is 0 Å². The molecule has 2 heterocycles. The molecule has 7 nitrogen and oxygen atoms in total. The number of Topliss-reactive ketones (excluding diaryl/α,β-unsaturated/α-hetero) is 1. The summed E-state index contributed by atoms with van der Waals surface area (Å²) in [4.78, 5) is 41.5. The largest absolute Gasteiger partial charge is 0.325 e. The predicted molar refractivity (Wildman–Crippen MR) is 85.7 cm³/mol. The highest BCUT2D eigenvalue weighted by molar-refractivity contribution is 6.29. The van der Waals surface area contributed by atoms with Crippen molar-refractivity contribution in [2.75, 3.05) is 6.54 Å². The standard InChI is InChI=1S/C14H15ClF2N4O3.CH4/c1-20-9(15)6-18-10(20)8(22)7-21-11(23)13(19-12(21)24)2-4-14(16,17)5-3-13;/h6H,2-5,7H2,1H3,(H,19,24);1H4. The van der Waals surface area contributed by atoms with Crippen molar-refractivity contribution < 1.29 is 23.2 Å². The van der Waals surface area contributed by atoms with Gasteiger partial charge in [-0.3, -0.25) is 14.5 Å². The summed E-state index contributed by atoms with van der Waals surface area (Å²) in [6, 6.07) is -0.751. The highest BCUT2D eigenvalue weighted by atomic mass is 35.5. The molecule has 1 aliphatic carbocycles. The molecule has 3 amide bonds. The summed E-state index contributed by atoms with van der Waals surface area (Å²) >= 11 is 5.81. The quantitative estimate of drug-likeness (QED) is 0.648. The number of alkyl halides is 2. The Hall–Kier alpha value is -2.03. The van der Waals surface area contributed by atoms with Crippen molar-refractivity contribution in [3.8, 4) is 0 Å². The van der Waals surface area contributed by atoms with Gasteiger partial charge < -0.3 is 9.88 Å². The van der Waals surface area contributed by atoms with Gasteiger partial charge in [0.15, 0.2) is 5.82 Å². The number of nitrogens with one attached hydrogen (secondary N) is 1. The molecule has 138 valence electrons. The first-order chi connectivity index (χ1) is 11.2. The molecule has 1 saturated heterocycles. The van der Waals surface area contributed by atoms with Crippen LogP contribution in [0.3, 0.4) is 0 Å². The van der Waals surface area contributed by atoms with E-state index in [0.29, 0.717) is 0 Å². The summed E-state index contributed by atoms with van der Waals surface area (Å²) in [5, 5.41) is 2.72. The predicted octanol–water partition coefficient (Wildman–Crippen LogP) is 2.39. The maximum Gasteiger partial charge on any atom is 0.325 e. The summed E-state index contributed by atoms with van der Waals surface area (Å²) in [5.41, 5.74) is -1.33. The Kier molecular flexibility index (Phi) is 4.91. The molecule has 0 atom stereocenters. The maximum absolute atomic E-state index is 13.3. The van der Waals surface area contributed by atoms with Crippen LogP contribution in [0.2, 0.25) is 5.15 Å². The molecule has 25 heavy (non-hydrogen) atoms. The van der Waals surface area contributed by atoms with Crippen molar-refractivity contribution in [2.45, 2.75) is 44.6 Å². The summed E-state index contributed by atoms with van der Waals surface area (Å²) < 4.78 is 28.0. The van der Waals surface area contributed by atoms with Gasteiger partial charge in [-0.15, -0.1) is 0 Å². The third kappa shape index (κ3) is 3.24. The third-order valence-corrected chi connectivity index (χ3v) is 4.91. The molecule has 0 radical (unpaired) electrons. The average molecular weight is 377 g/mol. The van der Waals surface area contributed by atoms with Crippen molar-refractivity contribution in [1.29, 1.82) is 0 Å². The maximum atomic E-state index is 13.3. The molecular weight excluding hydrogens is 358 g/mol. The molecule has 1 aliphatic heterocycles. The van der Waals surface area contributed by atoms with Crippen LogP contribution in [-0.4, -0.2) is 50.2 Å². The van der Waals surface area contributed by atoms with E-state index in [4.69, 9.17) is 11.6 Å². The molecule has 1 aromatic heterocycles. The summed E-state index contributed by atoms with van der Waals surface area (Å²) in [7, 11) is 1.53. The van der Waals surface area contributed by atoms with Gasteiger partial charge in [-0.1, -0.05) is 19.0 Å². The molecule has 1 aromatic rings. The Bertz CT molecular complexity index is 724. The number of rotatable bonds is 3. The number of ketones is 1. The lowest BCUT2D eigenvalue weighted by atomic mass is 9.80. The normalized spacial score (nSPS) is 21.2. The topological polar surface area (TPSA) is 84.3 Å². The zero-order valence-electron chi connectivity index (χ0n) is 12.8. The fraction of sp³-hybridized carbons (Fsp3) is 0.600. The number of halogens is 3. The van der Waals surface area contributed by atoms with Crippen LogP contribution in [0.15, 0.2) is 6.20 Å². The Labute approximate surface area is 148 Å². The molecule has 0 aromatic carbocycles. The number of urea groups is 1. The average Bonchev–Trinajstić information content (AvgIpc) is 2.96. The van der Waals surface area contributed by atoms with E-state index in [9.17, 15) is 23.2 Å². The summed E-state index contributed by atoms with van der Waals surface area (Å²) in [6.07, 6.45) is 0.0317. The second-order valence-electron chi connectivity index (χ2n) is 6.15. The van der Waals surface area contributed by atoms with Gasteiger partial charge >= 0.3 is 6.03 Å². The number of imide groups is 1. The lowest BCUT2D eigenvalue weighted by molar-refractivity contribution is -0.135. The molecule has 1 saturated carbocycles. The SMILES string of the molecule is C.Cn1c(Cl)cnc1C(=O)CN1C(=O)NC2(CCC(F)(F)CC2)C1=O. The van der Waals surface area contributed by atoms with Crippen LogP contribution in [0.5, 0.6) is 0 Å². The molecule has 0 bridgehead atoms. The molecule has 0 unspecified atom stereocenters. The number of carbonyl (C=O) groups excluding carboxylic acids is 3. The molecule has 1 spiro atoms. The van der Waals surface area contributed by atoms with E-state index in [2.05, 4.69) is 10.3 Å². The van der Waals surface area contributed by atoms with Gasteiger partial charge in [0.1, 0.15) is 10.7 Å². The highest BCUT2D eigenvalue weighted by Gasteiger charge is 2.55. The minimum atomic E-state index is -2.83. The van der Waals surface area contributed by atoms with Crippen LogP contribution >= 0.6 is 11.6 Å². The first-order valence-corrected chi connectivity index (χ1v) is 7.75. The fourth-order valence-electron chi connectivity index (χ4n) is 3.06. The Morgan fingerprint density at radius 1 is 1.32 bits per heavy atom. The highest BCUT2D eigenvalue weighted by Crippen LogP contribution is 2.41. The lowest BCUT2D eigenvalue weighted by Gasteiger charge is -2.34. The lowest BCUT2D eigenvalue weighted by Crippen LogP contribution is -2.51. The van der Waals surface area contributed by atoms with E-state index in [-0.39, 0.29) is 31.2 Å². The minimum absolute atomic E-state index is 0. The molecular formula is C15H19ClF2N4O3. The van der Waals surface area contributed by atoms with Crippen LogP contribution in [-0.2, 0) is 11.8 Å². The van der Waals surface area contributed by atoms with E-state index in [1.165, 1.54) is 17.8 Å². The van der Waals surface area contributed by atoms with E-state index < -0.39 is 48.6 Å². The first kappa shape index (κ1) is 19.3. The smallest absolute Gasteiger partial charge is 0.323 e. The van der Waals surface area contributed by atoms with Gasteiger partial charge in [-0.25, -0.2) is 18.6 Å². The van der Waals surface area contributed by atoms with Crippen LogP contribution < -0.4 is 5.32 Å². The number of aromatic nitrogens is 2. The molecule has 2 fully saturated rings. The van der Waals surface area contributed by atoms with E-state index >= 15 is 0 Å². The molecule has 3 rings (SSSR count). The number of hydrogen-bond acceptors (Lipinski definition) is 4. The van der Waals surface area contributed by atoms with Crippen LogP contribution in [0.4, 0.5) is 13.6 Å². The van der Waals surface area contributed by atoms with Gasteiger partial charge in [-0.2, -0.15) is 0 Å². The number of carbonyl (C=O) groups is 3. The van der Waals surface area contributed by atoms with E-state index in [1.54, 1.807) is 0 Å². The molecule has 1 N–H and O–H groups in total. The second kappa shape index (κ2) is 6.36. The van der Waals surface area contributed by atoms with Crippen molar-refractivity contribution in [2.24, 2.45) is 7.05 Å². The van der Waals surface area contributed by atoms with Crippen molar-refractivity contribution in [1.82, 2.24) is 19.8 Å². The summed E-state index contributed by atoms with van der Waals surface area (Å²) in [6.45, 7) is -0.510. The molecule has 10 heteroatoms. The summed E-state index contributed by atoms with van der Waals surface area (Å²) in [5.74, 6) is -4.03. The van der Waals surface area contributed by atoms with Crippen LogP contribution in [0.25, 0.3) is 0 Å². The monoisotopic (exact) mass is 376 g/mol. The first-order valence-electron chi connectivity index (χ1n) is 7.38. The number of amides is 3. The van der Waals surface area contributed by atoms with Gasteiger partial charge in [0.2, 0.25) is 11.7 Å².